The average molecular weight is 416 g/mol. The third-order valence-electron chi connectivity index (χ3n) is 4.28. The second-order valence-corrected chi connectivity index (χ2v) is 7.16. The van der Waals surface area contributed by atoms with E-state index in [9.17, 15) is 9.59 Å². The van der Waals surface area contributed by atoms with Gasteiger partial charge in [0, 0.05) is 24.2 Å². The highest BCUT2D eigenvalue weighted by Crippen LogP contribution is 2.27. The zero-order valence-electron chi connectivity index (χ0n) is 16.6. The molecule has 8 nitrogen and oxygen atoms in total. The first-order valence-electron chi connectivity index (χ1n) is 9.09. The number of carbonyl (C=O) groups excluding carboxylic acids is 1. The van der Waals surface area contributed by atoms with Gasteiger partial charge in [-0.05, 0) is 45.0 Å². The minimum atomic E-state index is -0.315. The number of anilines is 2. The summed E-state index contributed by atoms with van der Waals surface area (Å²) < 4.78 is 7.11. The van der Waals surface area contributed by atoms with Crippen LogP contribution in [0.2, 0.25) is 5.02 Å². The predicted molar refractivity (Wildman–Crippen MR) is 113 cm³/mol. The molecule has 0 atom stereocenters. The number of benzene rings is 1. The normalized spacial score (nSPS) is 11.0. The molecule has 0 bridgehead atoms. The van der Waals surface area contributed by atoms with E-state index in [1.807, 2.05) is 32.0 Å². The van der Waals surface area contributed by atoms with Crippen molar-refractivity contribution in [1.29, 1.82) is 0 Å². The van der Waals surface area contributed by atoms with E-state index in [-0.39, 0.29) is 29.9 Å². The van der Waals surface area contributed by atoms with E-state index in [0.29, 0.717) is 16.7 Å². The zero-order chi connectivity index (χ0) is 21.1. The van der Waals surface area contributed by atoms with E-state index in [4.69, 9.17) is 16.3 Å². The Morgan fingerprint density at radius 1 is 1.31 bits per heavy atom. The Kier molecular flexibility index (Phi) is 6.03. The number of aryl methyl sites for hydroxylation is 1. The van der Waals surface area contributed by atoms with E-state index in [1.165, 1.54) is 13.2 Å². The summed E-state index contributed by atoms with van der Waals surface area (Å²) in [6.45, 7) is 5.38. The van der Waals surface area contributed by atoms with Crippen molar-refractivity contribution in [1.82, 2.24) is 19.9 Å². The number of hydrogen-bond acceptors (Lipinski definition) is 6. The number of ether oxygens (including phenoxy) is 1. The summed E-state index contributed by atoms with van der Waals surface area (Å²) in [5, 5.41) is 6.82. The molecule has 29 heavy (non-hydrogen) atoms. The Labute approximate surface area is 172 Å². The number of aromatic nitrogens is 3. The average Bonchev–Trinajstić information content (AvgIpc) is 2.68. The number of hydrogen-bond donors (Lipinski definition) is 2. The molecule has 0 radical (unpaired) electrons. The van der Waals surface area contributed by atoms with Gasteiger partial charge in [-0.15, -0.1) is 0 Å². The molecule has 3 aromatic rings. The van der Waals surface area contributed by atoms with Gasteiger partial charge in [0.25, 0.3) is 11.5 Å². The monoisotopic (exact) mass is 415 g/mol. The highest BCUT2D eigenvalue weighted by atomic mass is 35.5. The SMILES string of the molecule is CNC(=O)COc1cc2cc(Nc3nc(C)ncc3Cl)ccc2n(C(C)C)c1=O. The number of likely N-dealkylation sites (N-methyl/N-ethyl adjacent to an activating group) is 1. The van der Waals surface area contributed by atoms with Gasteiger partial charge in [0.05, 0.1) is 11.7 Å². The second-order valence-electron chi connectivity index (χ2n) is 6.75. The molecule has 2 N–H and O–H groups in total. The van der Waals surface area contributed by atoms with Gasteiger partial charge in [-0.3, -0.25) is 9.59 Å². The van der Waals surface area contributed by atoms with Crippen LogP contribution in [0, 0.1) is 6.92 Å². The fourth-order valence-electron chi connectivity index (χ4n) is 2.91. The van der Waals surface area contributed by atoms with Crippen molar-refractivity contribution in [3.8, 4) is 5.75 Å². The van der Waals surface area contributed by atoms with Crippen LogP contribution in [0.4, 0.5) is 11.5 Å². The first-order chi connectivity index (χ1) is 13.8. The van der Waals surface area contributed by atoms with E-state index >= 15 is 0 Å². The lowest BCUT2D eigenvalue weighted by molar-refractivity contribution is -0.122. The quantitative estimate of drug-likeness (QED) is 0.641. The van der Waals surface area contributed by atoms with Crippen LogP contribution >= 0.6 is 11.6 Å². The summed E-state index contributed by atoms with van der Waals surface area (Å²) in [6, 6.07) is 7.11. The Hall–Kier alpha value is -3.13. The van der Waals surface area contributed by atoms with Crippen molar-refractivity contribution >= 4 is 39.9 Å². The summed E-state index contributed by atoms with van der Waals surface area (Å²) in [7, 11) is 1.51. The molecule has 0 unspecified atom stereocenters. The molecule has 2 heterocycles. The number of fused-ring (bicyclic) bond motifs is 1. The fraction of sp³-hybridized carbons (Fsp3) is 0.300. The number of nitrogens with zero attached hydrogens (tertiary/aromatic N) is 3. The van der Waals surface area contributed by atoms with Crippen LogP contribution in [0.15, 0.2) is 35.3 Å². The van der Waals surface area contributed by atoms with Crippen molar-refractivity contribution in [3.05, 3.63) is 51.7 Å². The number of amides is 1. The zero-order valence-corrected chi connectivity index (χ0v) is 17.4. The van der Waals surface area contributed by atoms with E-state index in [2.05, 4.69) is 20.6 Å². The van der Waals surface area contributed by atoms with Gasteiger partial charge in [-0.1, -0.05) is 11.6 Å². The van der Waals surface area contributed by atoms with Crippen molar-refractivity contribution in [2.45, 2.75) is 26.8 Å². The summed E-state index contributed by atoms with van der Waals surface area (Å²) in [5.74, 6) is 0.885. The molecule has 1 amide bonds. The smallest absolute Gasteiger partial charge is 0.293 e. The fourth-order valence-corrected chi connectivity index (χ4v) is 3.05. The lowest BCUT2D eigenvalue weighted by Gasteiger charge is -2.17. The molecule has 1 aromatic carbocycles. The Balaban J connectivity index is 2.06. The van der Waals surface area contributed by atoms with Crippen LogP contribution in [-0.2, 0) is 4.79 Å². The van der Waals surface area contributed by atoms with Crippen molar-refractivity contribution in [2.24, 2.45) is 0 Å². The van der Waals surface area contributed by atoms with Gasteiger partial charge in [0.2, 0.25) is 0 Å². The first-order valence-corrected chi connectivity index (χ1v) is 9.46. The van der Waals surface area contributed by atoms with E-state index < -0.39 is 0 Å². The predicted octanol–water partition coefficient (Wildman–Crippen LogP) is 3.20. The molecule has 0 saturated heterocycles. The standard InChI is InChI=1S/C20H22ClN5O3/c1-11(2)26-16-6-5-14(25-19-15(21)9-23-12(3)24-19)7-13(16)8-17(20(26)28)29-10-18(27)22-4/h5-9,11H,10H2,1-4H3,(H,22,27)(H,23,24,25). The molecule has 0 spiro atoms. The van der Waals surface area contributed by atoms with Gasteiger partial charge in [-0.25, -0.2) is 9.97 Å². The third-order valence-corrected chi connectivity index (χ3v) is 4.56. The summed E-state index contributed by atoms with van der Waals surface area (Å²) >= 11 is 6.17. The lowest BCUT2D eigenvalue weighted by Crippen LogP contribution is -2.29. The molecule has 0 fully saturated rings. The molecular formula is C20H22ClN5O3. The molecule has 3 rings (SSSR count). The number of rotatable bonds is 6. The maximum Gasteiger partial charge on any atom is 0.293 e. The topological polar surface area (TPSA) is 98.1 Å². The highest BCUT2D eigenvalue weighted by molar-refractivity contribution is 6.32. The molecule has 152 valence electrons. The minimum absolute atomic E-state index is 0.0914. The number of halogens is 1. The molecule has 0 aliphatic carbocycles. The first kappa shape index (κ1) is 20.6. The Morgan fingerprint density at radius 3 is 2.76 bits per heavy atom. The van der Waals surface area contributed by atoms with Gasteiger partial charge < -0.3 is 19.9 Å². The second kappa shape index (κ2) is 8.48. The van der Waals surface area contributed by atoms with Crippen LogP contribution in [0.1, 0.15) is 25.7 Å². The molecule has 2 aromatic heterocycles. The van der Waals surface area contributed by atoms with E-state index in [0.717, 1.165) is 16.6 Å². The van der Waals surface area contributed by atoms with Crippen molar-refractivity contribution < 1.29 is 9.53 Å². The van der Waals surface area contributed by atoms with Crippen molar-refractivity contribution in [2.75, 3.05) is 19.0 Å². The van der Waals surface area contributed by atoms with E-state index in [1.54, 1.807) is 17.6 Å². The highest BCUT2D eigenvalue weighted by Gasteiger charge is 2.15. The maximum atomic E-state index is 12.8. The molecule has 0 saturated carbocycles. The van der Waals surface area contributed by atoms with Gasteiger partial charge in [0.1, 0.15) is 10.8 Å². The third kappa shape index (κ3) is 4.48. The minimum Gasteiger partial charge on any atom is -0.478 e. The largest absolute Gasteiger partial charge is 0.478 e. The maximum absolute atomic E-state index is 12.8. The van der Waals surface area contributed by atoms with Crippen LogP contribution in [0.3, 0.4) is 0 Å². The number of nitrogens with one attached hydrogen (secondary N) is 2. The van der Waals surface area contributed by atoms with Crippen LogP contribution in [0.25, 0.3) is 10.9 Å². The number of pyridine rings is 1. The van der Waals surface area contributed by atoms with Gasteiger partial charge in [0.15, 0.2) is 18.2 Å². The molecule has 9 heteroatoms. The Bertz CT molecular complexity index is 1130. The number of carbonyl (C=O) groups is 1. The Morgan fingerprint density at radius 2 is 2.07 bits per heavy atom. The molecule has 0 aliphatic heterocycles. The summed E-state index contributed by atoms with van der Waals surface area (Å²) in [5.41, 5.74) is 1.21. The lowest BCUT2D eigenvalue weighted by atomic mass is 10.1. The van der Waals surface area contributed by atoms with Gasteiger partial charge in [-0.2, -0.15) is 0 Å². The molecule has 0 aliphatic rings. The van der Waals surface area contributed by atoms with Crippen LogP contribution < -0.4 is 20.9 Å². The molecular weight excluding hydrogens is 394 g/mol. The van der Waals surface area contributed by atoms with Gasteiger partial charge >= 0.3 is 0 Å². The summed E-state index contributed by atoms with van der Waals surface area (Å²) in [4.78, 5) is 32.7. The van der Waals surface area contributed by atoms with Crippen molar-refractivity contribution in [3.63, 3.8) is 0 Å². The van der Waals surface area contributed by atoms with Crippen LogP contribution in [-0.4, -0.2) is 34.1 Å². The van der Waals surface area contributed by atoms with Crippen LogP contribution in [0.5, 0.6) is 5.75 Å². The summed E-state index contributed by atoms with van der Waals surface area (Å²) in [6.07, 6.45) is 1.54.